The maximum absolute atomic E-state index is 12.4. The summed E-state index contributed by atoms with van der Waals surface area (Å²) in [6.45, 7) is 4.59. The van der Waals surface area contributed by atoms with Crippen LogP contribution in [-0.2, 0) is 4.79 Å². The second-order valence-electron chi connectivity index (χ2n) is 6.80. The molecule has 108 valence electrons. The Kier molecular flexibility index (Phi) is 3.81. The molecule has 0 spiro atoms. The van der Waals surface area contributed by atoms with Gasteiger partial charge >= 0.3 is 0 Å². The van der Waals surface area contributed by atoms with Crippen LogP contribution in [0.15, 0.2) is 0 Å². The smallest absolute Gasteiger partial charge is 0.223 e. The third kappa shape index (κ3) is 2.65. The van der Waals surface area contributed by atoms with E-state index in [1.807, 2.05) is 0 Å². The zero-order chi connectivity index (χ0) is 13.4. The van der Waals surface area contributed by atoms with Gasteiger partial charge in [0.25, 0.3) is 0 Å². The van der Waals surface area contributed by atoms with Crippen LogP contribution in [-0.4, -0.2) is 42.0 Å². The van der Waals surface area contributed by atoms with Crippen molar-refractivity contribution in [2.24, 2.45) is 17.6 Å². The first-order valence-corrected chi connectivity index (χ1v) is 7.95. The van der Waals surface area contributed by atoms with Gasteiger partial charge in [-0.15, -0.1) is 0 Å². The van der Waals surface area contributed by atoms with E-state index in [1.54, 1.807) is 0 Å². The number of nitrogens with zero attached hydrogens (tertiary/aromatic N) is 1. The summed E-state index contributed by atoms with van der Waals surface area (Å²) in [5, 5.41) is 3.32. The Bertz CT molecular complexity index is 346. The molecule has 0 bridgehead atoms. The van der Waals surface area contributed by atoms with E-state index in [4.69, 9.17) is 5.73 Å². The van der Waals surface area contributed by atoms with Gasteiger partial charge in [0, 0.05) is 30.6 Å². The molecule has 0 aromatic carbocycles. The largest absolute Gasteiger partial charge is 0.352 e. The molecule has 1 saturated carbocycles. The van der Waals surface area contributed by atoms with Crippen LogP contribution in [0.4, 0.5) is 0 Å². The SMILES string of the molecule is CC1CCC(C(=O)NC2CCN3CCCC23)CC1N. The van der Waals surface area contributed by atoms with Gasteiger partial charge in [0.05, 0.1) is 0 Å². The number of carbonyl (C=O) groups excluding carboxylic acids is 1. The van der Waals surface area contributed by atoms with E-state index in [0.29, 0.717) is 18.0 Å². The van der Waals surface area contributed by atoms with Crippen LogP contribution < -0.4 is 11.1 Å². The molecule has 2 aliphatic heterocycles. The Balaban J connectivity index is 1.54. The Morgan fingerprint density at radius 2 is 2.05 bits per heavy atom. The standard InChI is InChI=1S/C15H27N3O/c1-10-4-5-11(9-12(10)16)15(19)17-13-6-8-18-7-2-3-14(13)18/h10-14H,2-9,16H2,1H3,(H,17,19). The molecule has 3 N–H and O–H groups in total. The van der Waals surface area contributed by atoms with Crippen molar-refractivity contribution in [3.05, 3.63) is 0 Å². The normalized spacial score (nSPS) is 43.2. The molecule has 0 aromatic rings. The molecule has 3 fully saturated rings. The molecule has 2 saturated heterocycles. The van der Waals surface area contributed by atoms with E-state index >= 15 is 0 Å². The van der Waals surface area contributed by atoms with Crippen molar-refractivity contribution in [3.63, 3.8) is 0 Å². The number of rotatable bonds is 2. The van der Waals surface area contributed by atoms with Crippen molar-refractivity contribution < 1.29 is 4.79 Å². The van der Waals surface area contributed by atoms with Crippen molar-refractivity contribution in [1.29, 1.82) is 0 Å². The van der Waals surface area contributed by atoms with Gasteiger partial charge in [-0.2, -0.15) is 0 Å². The molecule has 1 amide bonds. The first-order valence-electron chi connectivity index (χ1n) is 7.95. The average molecular weight is 265 g/mol. The number of nitrogens with one attached hydrogen (secondary N) is 1. The van der Waals surface area contributed by atoms with Gasteiger partial charge in [0.15, 0.2) is 0 Å². The van der Waals surface area contributed by atoms with Crippen LogP contribution in [0.2, 0.25) is 0 Å². The van der Waals surface area contributed by atoms with Crippen molar-refractivity contribution in [1.82, 2.24) is 10.2 Å². The van der Waals surface area contributed by atoms with Gasteiger partial charge in [-0.1, -0.05) is 6.92 Å². The molecular weight excluding hydrogens is 238 g/mol. The highest BCUT2D eigenvalue weighted by Crippen LogP contribution is 2.30. The monoisotopic (exact) mass is 265 g/mol. The molecule has 2 heterocycles. The minimum absolute atomic E-state index is 0.154. The zero-order valence-electron chi connectivity index (χ0n) is 12.0. The predicted octanol–water partition coefficient (Wildman–Crippen LogP) is 1.10. The maximum atomic E-state index is 12.4. The lowest BCUT2D eigenvalue weighted by Crippen LogP contribution is -2.47. The predicted molar refractivity (Wildman–Crippen MR) is 75.6 cm³/mol. The molecule has 0 aromatic heterocycles. The van der Waals surface area contributed by atoms with E-state index in [-0.39, 0.29) is 17.9 Å². The zero-order valence-corrected chi connectivity index (χ0v) is 12.0. The number of hydrogen-bond donors (Lipinski definition) is 2. The Morgan fingerprint density at radius 1 is 1.21 bits per heavy atom. The van der Waals surface area contributed by atoms with Crippen molar-refractivity contribution in [3.8, 4) is 0 Å². The first kappa shape index (κ1) is 13.4. The lowest BCUT2D eigenvalue weighted by Gasteiger charge is -2.32. The van der Waals surface area contributed by atoms with Crippen LogP contribution >= 0.6 is 0 Å². The minimum Gasteiger partial charge on any atom is -0.352 e. The van der Waals surface area contributed by atoms with E-state index in [0.717, 1.165) is 32.2 Å². The van der Waals surface area contributed by atoms with Gasteiger partial charge in [0.1, 0.15) is 0 Å². The van der Waals surface area contributed by atoms with Gasteiger partial charge in [-0.25, -0.2) is 0 Å². The number of amides is 1. The average Bonchev–Trinajstić information content (AvgIpc) is 2.97. The van der Waals surface area contributed by atoms with Crippen LogP contribution in [0.5, 0.6) is 0 Å². The van der Waals surface area contributed by atoms with Gasteiger partial charge in [0.2, 0.25) is 5.91 Å². The Morgan fingerprint density at radius 3 is 2.84 bits per heavy atom. The Hall–Kier alpha value is -0.610. The van der Waals surface area contributed by atoms with Gasteiger partial charge in [-0.05, 0) is 51.0 Å². The fourth-order valence-electron chi connectivity index (χ4n) is 4.15. The van der Waals surface area contributed by atoms with Crippen molar-refractivity contribution >= 4 is 5.91 Å². The summed E-state index contributed by atoms with van der Waals surface area (Å²) in [5.74, 6) is 0.989. The molecule has 5 unspecified atom stereocenters. The summed E-state index contributed by atoms with van der Waals surface area (Å²) in [4.78, 5) is 15.0. The van der Waals surface area contributed by atoms with E-state index in [9.17, 15) is 4.79 Å². The molecule has 3 rings (SSSR count). The fraction of sp³-hybridized carbons (Fsp3) is 0.933. The molecule has 5 atom stereocenters. The molecule has 1 aliphatic carbocycles. The van der Waals surface area contributed by atoms with Crippen LogP contribution in [0.25, 0.3) is 0 Å². The number of hydrogen-bond acceptors (Lipinski definition) is 3. The van der Waals surface area contributed by atoms with Gasteiger partial charge in [-0.3, -0.25) is 9.69 Å². The summed E-state index contributed by atoms with van der Waals surface area (Å²) < 4.78 is 0. The van der Waals surface area contributed by atoms with Crippen LogP contribution in [0, 0.1) is 11.8 Å². The van der Waals surface area contributed by atoms with E-state index in [2.05, 4.69) is 17.1 Å². The third-order valence-electron chi connectivity index (χ3n) is 5.56. The molecule has 3 aliphatic rings. The minimum atomic E-state index is 0.154. The maximum Gasteiger partial charge on any atom is 0.223 e. The molecule has 4 heteroatoms. The lowest BCUT2D eigenvalue weighted by molar-refractivity contribution is -0.127. The summed E-state index contributed by atoms with van der Waals surface area (Å²) >= 11 is 0. The van der Waals surface area contributed by atoms with E-state index < -0.39 is 0 Å². The van der Waals surface area contributed by atoms with Gasteiger partial charge < -0.3 is 11.1 Å². The highest BCUT2D eigenvalue weighted by molar-refractivity contribution is 5.79. The molecule has 0 radical (unpaired) electrons. The van der Waals surface area contributed by atoms with E-state index in [1.165, 1.54) is 19.4 Å². The number of nitrogens with two attached hydrogens (primary N) is 1. The highest BCUT2D eigenvalue weighted by atomic mass is 16.2. The third-order valence-corrected chi connectivity index (χ3v) is 5.56. The quantitative estimate of drug-likeness (QED) is 0.786. The molecule has 4 nitrogen and oxygen atoms in total. The number of carbonyl (C=O) groups is 1. The summed E-state index contributed by atoms with van der Waals surface area (Å²) in [5.41, 5.74) is 6.11. The highest BCUT2D eigenvalue weighted by Gasteiger charge is 2.39. The summed E-state index contributed by atoms with van der Waals surface area (Å²) in [7, 11) is 0. The van der Waals surface area contributed by atoms with Crippen molar-refractivity contribution in [2.45, 2.75) is 63.6 Å². The van der Waals surface area contributed by atoms with Crippen LogP contribution in [0.3, 0.4) is 0 Å². The summed E-state index contributed by atoms with van der Waals surface area (Å²) in [6.07, 6.45) is 6.66. The fourth-order valence-corrected chi connectivity index (χ4v) is 4.15. The summed E-state index contributed by atoms with van der Waals surface area (Å²) in [6, 6.07) is 1.21. The molecule has 19 heavy (non-hydrogen) atoms. The number of fused-ring (bicyclic) bond motifs is 1. The van der Waals surface area contributed by atoms with Crippen molar-refractivity contribution in [2.75, 3.05) is 13.1 Å². The van der Waals surface area contributed by atoms with Crippen LogP contribution in [0.1, 0.15) is 45.4 Å². The first-order chi connectivity index (χ1) is 9.15. The second-order valence-corrected chi connectivity index (χ2v) is 6.80. The lowest BCUT2D eigenvalue weighted by atomic mass is 9.79. The Labute approximate surface area is 116 Å². The topological polar surface area (TPSA) is 58.4 Å². The second kappa shape index (κ2) is 5.41. The molecular formula is C15H27N3O.